The summed E-state index contributed by atoms with van der Waals surface area (Å²) >= 11 is 4.27. The molecule has 1 aliphatic heterocycles. The second kappa shape index (κ2) is 4.87. The van der Waals surface area contributed by atoms with Crippen LogP contribution in [0.25, 0.3) is 5.57 Å². The zero-order valence-corrected chi connectivity index (χ0v) is 10.3. The standard InChI is InChI=1S/C13H10N4S/c14-6-9-11(8-4-2-1-3-5-8)10(7-15)13(18)17-12(9)16/h1-5,13,17-18H,16H2. The van der Waals surface area contributed by atoms with E-state index in [1.165, 1.54) is 0 Å². The summed E-state index contributed by atoms with van der Waals surface area (Å²) in [6.07, 6.45) is 0. The van der Waals surface area contributed by atoms with Crippen molar-refractivity contribution in [3.05, 3.63) is 52.9 Å². The molecule has 4 nitrogen and oxygen atoms in total. The van der Waals surface area contributed by atoms with Crippen LogP contribution in [0, 0.1) is 22.7 Å². The van der Waals surface area contributed by atoms with Gasteiger partial charge in [0.2, 0.25) is 0 Å². The minimum atomic E-state index is -0.498. The van der Waals surface area contributed by atoms with E-state index in [2.05, 4.69) is 24.0 Å². The topological polar surface area (TPSA) is 85.6 Å². The van der Waals surface area contributed by atoms with Crippen molar-refractivity contribution < 1.29 is 0 Å². The number of hydrogen-bond acceptors (Lipinski definition) is 5. The molecule has 1 aromatic rings. The zero-order chi connectivity index (χ0) is 13.1. The molecule has 1 atom stereocenters. The molecule has 5 heteroatoms. The van der Waals surface area contributed by atoms with Crippen molar-refractivity contribution in [2.24, 2.45) is 5.73 Å². The molecule has 0 saturated carbocycles. The molecule has 0 fully saturated rings. The van der Waals surface area contributed by atoms with Gasteiger partial charge in [-0.3, -0.25) is 0 Å². The molecular weight excluding hydrogens is 244 g/mol. The number of rotatable bonds is 1. The average molecular weight is 254 g/mol. The number of nitrogens with zero attached hydrogens (tertiary/aromatic N) is 2. The Morgan fingerprint density at radius 2 is 1.83 bits per heavy atom. The minimum Gasteiger partial charge on any atom is -0.384 e. The van der Waals surface area contributed by atoms with Gasteiger partial charge in [0.1, 0.15) is 22.8 Å². The molecule has 0 spiro atoms. The highest BCUT2D eigenvalue weighted by Crippen LogP contribution is 2.32. The van der Waals surface area contributed by atoms with Gasteiger partial charge < -0.3 is 11.1 Å². The van der Waals surface area contributed by atoms with E-state index in [0.29, 0.717) is 11.1 Å². The first kappa shape index (κ1) is 12.1. The summed E-state index contributed by atoms with van der Waals surface area (Å²) < 4.78 is 0. The summed E-state index contributed by atoms with van der Waals surface area (Å²) in [6.45, 7) is 0. The molecule has 1 heterocycles. The molecule has 1 aromatic carbocycles. The molecule has 0 aromatic heterocycles. The summed E-state index contributed by atoms with van der Waals surface area (Å²) in [4.78, 5) is 0. The van der Waals surface area contributed by atoms with Gasteiger partial charge in [-0.2, -0.15) is 10.5 Å². The number of benzene rings is 1. The van der Waals surface area contributed by atoms with Crippen molar-refractivity contribution in [1.29, 1.82) is 10.5 Å². The summed E-state index contributed by atoms with van der Waals surface area (Å²) in [5.74, 6) is 0.246. The van der Waals surface area contributed by atoms with Crippen LogP contribution >= 0.6 is 12.6 Å². The van der Waals surface area contributed by atoms with Crippen LogP contribution < -0.4 is 11.1 Å². The molecule has 1 unspecified atom stereocenters. The van der Waals surface area contributed by atoms with Crippen LogP contribution in [0.3, 0.4) is 0 Å². The SMILES string of the molecule is N#CC1=C(N)NC(S)C(C#N)=C1c1ccccc1. The lowest BCUT2D eigenvalue weighted by Gasteiger charge is -2.24. The molecule has 0 bridgehead atoms. The maximum absolute atomic E-state index is 9.22. The Hall–Kier alpha value is -2.37. The molecule has 0 amide bonds. The smallest absolute Gasteiger partial charge is 0.116 e. The van der Waals surface area contributed by atoms with Crippen molar-refractivity contribution in [1.82, 2.24) is 5.32 Å². The number of thiol groups is 1. The number of nitriles is 2. The largest absolute Gasteiger partial charge is 0.384 e. The molecular formula is C13H10N4S. The predicted molar refractivity (Wildman–Crippen MR) is 71.7 cm³/mol. The number of hydrogen-bond donors (Lipinski definition) is 3. The van der Waals surface area contributed by atoms with Crippen molar-refractivity contribution in [3.8, 4) is 12.1 Å². The van der Waals surface area contributed by atoms with Crippen LogP contribution in [0.4, 0.5) is 0 Å². The Morgan fingerprint density at radius 1 is 1.17 bits per heavy atom. The van der Waals surface area contributed by atoms with Gasteiger partial charge in [-0.15, -0.1) is 12.6 Å². The summed E-state index contributed by atoms with van der Waals surface area (Å²) in [6, 6.07) is 13.4. The van der Waals surface area contributed by atoms with Crippen LogP contribution in [0.15, 0.2) is 47.3 Å². The summed E-state index contributed by atoms with van der Waals surface area (Å²) in [5.41, 5.74) is 7.80. The molecule has 1 aliphatic rings. The highest BCUT2D eigenvalue weighted by molar-refractivity contribution is 7.81. The van der Waals surface area contributed by atoms with Gasteiger partial charge in [0, 0.05) is 5.57 Å². The van der Waals surface area contributed by atoms with Gasteiger partial charge in [-0.05, 0) is 5.56 Å². The maximum atomic E-state index is 9.22. The number of nitrogens with one attached hydrogen (secondary N) is 1. The van der Waals surface area contributed by atoms with Gasteiger partial charge in [-0.1, -0.05) is 30.3 Å². The third kappa shape index (κ3) is 1.92. The first-order valence-corrected chi connectivity index (χ1v) is 5.75. The molecule has 2 rings (SSSR count). The summed E-state index contributed by atoms with van der Waals surface area (Å²) in [5, 5.41) is 20.7. The molecule has 88 valence electrons. The zero-order valence-electron chi connectivity index (χ0n) is 9.38. The fraction of sp³-hybridized carbons (Fsp3) is 0.0769. The van der Waals surface area contributed by atoms with Crippen LogP contribution in [0.1, 0.15) is 5.56 Å². The van der Waals surface area contributed by atoms with Crippen LogP contribution in [-0.4, -0.2) is 5.37 Å². The monoisotopic (exact) mass is 254 g/mol. The normalized spacial score (nSPS) is 18.9. The number of dihydropyridines is 1. The van der Waals surface area contributed by atoms with Gasteiger partial charge in [0.15, 0.2) is 0 Å². The minimum absolute atomic E-state index is 0.246. The maximum Gasteiger partial charge on any atom is 0.116 e. The van der Waals surface area contributed by atoms with Crippen molar-refractivity contribution in [3.63, 3.8) is 0 Å². The summed E-state index contributed by atoms with van der Waals surface area (Å²) in [7, 11) is 0. The fourth-order valence-electron chi connectivity index (χ4n) is 1.84. The van der Waals surface area contributed by atoms with Gasteiger partial charge in [0.25, 0.3) is 0 Å². The van der Waals surface area contributed by atoms with Crippen molar-refractivity contribution >= 4 is 18.2 Å². The third-order valence-electron chi connectivity index (χ3n) is 2.65. The lowest BCUT2D eigenvalue weighted by atomic mass is 9.91. The fourth-order valence-corrected chi connectivity index (χ4v) is 2.16. The Kier molecular flexibility index (Phi) is 3.27. The molecule has 18 heavy (non-hydrogen) atoms. The van der Waals surface area contributed by atoms with E-state index >= 15 is 0 Å². The van der Waals surface area contributed by atoms with Gasteiger partial charge >= 0.3 is 0 Å². The lowest BCUT2D eigenvalue weighted by Crippen LogP contribution is -2.34. The average Bonchev–Trinajstić information content (AvgIpc) is 2.39. The first-order chi connectivity index (χ1) is 8.69. The van der Waals surface area contributed by atoms with E-state index in [4.69, 9.17) is 5.73 Å². The number of nitrogens with two attached hydrogens (primary N) is 1. The van der Waals surface area contributed by atoms with E-state index in [1.54, 1.807) is 0 Å². The Labute approximate surface area is 110 Å². The molecule has 0 saturated heterocycles. The quantitative estimate of drug-likeness (QED) is 0.663. The van der Waals surface area contributed by atoms with Crippen LogP contribution in [0.5, 0.6) is 0 Å². The van der Waals surface area contributed by atoms with E-state index in [1.807, 2.05) is 36.4 Å². The Balaban J connectivity index is 2.72. The highest BCUT2D eigenvalue weighted by Gasteiger charge is 2.26. The van der Waals surface area contributed by atoms with E-state index in [9.17, 15) is 10.5 Å². The number of allylic oxidation sites excluding steroid dienone is 2. The van der Waals surface area contributed by atoms with Crippen molar-refractivity contribution in [2.75, 3.05) is 0 Å². The van der Waals surface area contributed by atoms with E-state index in [-0.39, 0.29) is 11.4 Å². The van der Waals surface area contributed by atoms with Crippen LogP contribution in [0.2, 0.25) is 0 Å². The van der Waals surface area contributed by atoms with E-state index in [0.717, 1.165) is 5.56 Å². The highest BCUT2D eigenvalue weighted by atomic mass is 32.1. The first-order valence-electron chi connectivity index (χ1n) is 5.23. The van der Waals surface area contributed by atoms with Gasteiger partial charge in [-0.25, -0.2) is 0 Å². The van der Waals surface area contributed by atoms with Crippen molar-refractivity contribution in [2.45, 2.75) is 5.37 Å². The van der Waals surface area contributed by atoms with E-state index < -0.39 is 5.37 Å². The molecule has 3 N–H and O–H groups in total. The third-order valence-corrected chi connectivity index (χ3v) is 3.04. The predicted octanol–water partition coefficient (Wildman–Crippen LogP) is 1.52. The molecule has 0 aliphatic carbocycles. The Morgan fingerprint density at radius 3 is 2.39 bits per heavy atom. The van der Waals surface area contributed by atoms with Gasteiger partial charge in [0.05, 0.1) is 11.6 Å². The lowest BCUT2D eigenvalue weighted by molar-refractivity contribution is 0.809. The second-order valence-corrected chi connectivity index (χ2v) is 4.23. The Bertz CT molecular complexity index is 617. The molecule has 0 radical (unpaired) electrons. The van der Waals surface area contributed by atoms with Crippen LogP contribution in [-0.2, 0) is 0 Å². The second-order valence-electron chi connectivity index (χ2n) is 3.71.